The number of aryl methyl sites for hydroxylation is 1. The van der Waals surface area contributed by atoms with Crippen molar-refractivity contribution in [1.29, 1.82) is 0 Å². The van der Waals surface area contributed by atoms with Gasteiger partial charge in [-0.1, -0.05) is 13.8 Å². The molecule has 4 heteroatoms. The summed E-state index contributed by atoms with van der Waals surface area (Å²) in [6.07, 6.45) is 0. The van der Waals surface area contributed by atoms with Crippen molar-refractivity contribution in [2.45, 2.75) is 27.3 Å². The molecule has 0 spiro atoms. The van der Waals surface area contributed by atoms with Gasteiger partial charge in [0.1, 0.15) is 5.82 Å². The number of hydrogen-bond donors (Lipinski definition) is 0. The van der Waals surface area contributed by atoms with Crippen LogP contribution in [0.15, 0.2) is 28.7 Å². The second-order valence-corrected chi connectivity index (χ2v) is 5.62. The van der Waals surface area contributed by atoms with Gasteiger partial charge in [0.25, 0.3) is 0 Å². The standard InChI is InChI=1S/C14H16BrFN2/c1-9(2)8-18-14(13(15)10(3)17-18)11-4-6-12(16)7-5-11/h4-7,9H,8H2,1-3H3. The van der Waals surface area contributed by atoms with Gasteiger partial charge in [0.2, 0.25) is 0 Å². The van der Waals surface area contributed by atoms with Crippen LogP contribution in [-0.2, 0) is 6.54 Å². The average Bonchev–Trinajstić information content (AvgIpc) is 2.55. The zero-order valence-electron chi connectivity index (χ0n) is 10.7. The Labute approximate surface area is 115 Å². The van der Waals surface area contributed by atoms with Crippen LogP contribution in [0.1, 0.15) is 19.5 Å². The Kier molecular flexibility index (Phi) is 3.85. The van der Waals surface area contributed by atoms with Crippen LogP contribution in [0.3, 0.4) is 0 Å². The van der Waals surface area contributed by atoms with E-state index in [9.17, 15) is 4.39 Å². The van der Waals surface area contributed by atoms with Gasteiger partial charge in [-0.2, -0.15) is 5.10 Å². The van der Waals surface area contributed by atoms with Crippen molar-refractivity contribution in [3.05, 3.63) is 40.2 Å². The zero-order chi connectivity index (χ0) is 13.3. The second kappa shape index (κ2) is 5.22. The van der Waals surface area contributed by atoms with E-state index in [1.54, 1.807) is 12.1 Å². The number of benzene rings is 1. The molecule has 96 valence electrons. The molecule has 2 nitrogen and oxygen atoms in total. The summed E-state index contributed by atoms with van der Waals surface area (Å²) in [5.74, 6) is 0.289. The van der Waals surface area contributed by atoms with E-state index in [-0.39, 0.29) is 5.82 Å². The van der Waals surface area contributed by atoms with E-state index in [0.29, 0.717) is 5.92 Å². The lowest BCUT2D eigenvalue weighted by Gasteiger charge is -2.10. The normalized spacial score (nSPS) is 11.2. The van der Waals surface area contributed by atoms with Gasteiger partial charge in [-0.3, -0.25) is 4.68 Å². The Balaban J connectivity index is 2.51. The maximum absolute atomic E-state index is 13.0. The third-order valence-corrected chi connectivity index (χ3v) is 3.66. The van der Waals surface area contributed by atoms with Crippen molar-refractivity contribution in [2.75, 3.05) is 0 Å². The molecule has 0 saturated carbocycles. The molecule has 0 aliphatic heterocycles. The third-order valence-electron chi connectivity index (χ3n) is 2.71. The van der Waals surface area contributed by atoms with Crippen molar-refractivity contribution < 1.29 is 4.39 Å². The first-order chi connectivity index (χ1) is 8.49. The molecule has 0 saturated heterocycles. The predicted octanol–water partition coefficient (Wildman–Crippen LogP) is 4.42. The molecule has 0 aliphatic carbocycles. The number of aromatic nitrogens is 2. The van der Waals surface area contributed by atoms with Crippen LogP contribution >= 0.6 is 15.9 Å². The van der Waals surface area contributed by atoms with Gasteiger partial charge in [0, 0.05) is 12.1 Å². The lowest BCUT2D eigenvalue weighted by molar-refractivity contribution is 0.485. The number of hydrogen-bond acceptors (Lipinski definition) is 1. The monoisotopic (exact) mass is 310 g/mol. The van der Waals surface area contributed by atoms with Crippen LogP contribution in [-0.4, -0.2) is 9.78 Å². The molecule has 1 aromatic heterocycles. The molecule has 0 aliphatic rings. The maximum Gasteiger partial charge on any atom is 0.123 e. The predicted molar refractivity (Wildman–Crippen MR) is 74.9 cm³/mol. The van der Waals surface area contributed by atoms with Gasteiger partial charge in [0.05, 0.1) is 15.9 Å². The van der Waals surface area contributed by atoms with E-state index < -0.39 is 0 Å². The van der Waals surface area contributed by atoms with Gasteiger partial charge < -0.3 is 0 Å². The number of halogens is 2. The third kappa shape index (κ3) is 2.64. The summed E-state index contributed by atoms with van der Waals surface area (Å²) in [5, 5.41) is 4.53. The summed E-state index contributed by atoms with van der Waals surface area (Å²) in [6, 6.07) is 6.52. The van der Waals surface area contributed by atoms with Crippen LogP contribution in [0.2, 0.25) is 0 Å². The minimum absolute atomic E-state index is 0.221. The first-order valence-electron chi connectivity index (χ1n) is 5.98. The Hall–Kier alpha value is -1.16. The minimum atomic E-state index is -0.221. The Morgan fingerprint density at radius 2 is 1.89 bits per heavy atom. The van der Waals surface area contributed by atoms with E-state index in [2.05, 4.69) is 34.9 Å². The number of rotatable bonds is 3. The van der Waals surface area contributed by atoms with Crippen LogP contribution in [0, 0.1) is 18.7 Å². The van der Waals surface area contributed by atoms with Crippen molar-refractivity contribution in [3.8, 4) is 11.3 Å². The Morgan fingerprint density at radius 3 is 2.44 bits per heavy atom. The van der Waals surface area contributed by atoms with Crippen molar-refractivity contribution in [3.63, 3.8) is 0 Å². The molecule has 0 radical (unpaired) electrons. The minimum Gasteiger partial charge on any atom is -0.263 e. The summed E-state index contributed by atoms with van der Waals surface area (Å²) < 4.78 is 15.9. The lowest BCUT2D eigenvalue weighted by atomic mass is 10.1. The molecule has 0 amide bonds. The first-order valence-corrected chi connectivity index (χ1v) is 6.77. The topological polar surface area (TPSA) is 17.8 Å². The van der Waals surface area contributed by atoms with Gasteiger partial charge in [-0.25, -0.2) is 4.39 Å². The SMILES string of the molecule is Cc1nn(CC(C)C)c(-c2ccc(F)cc2)c1Br. The largest absolute Gasteiger partial charge is 0.263 e. The van der Waals surface area contributed by atoms with Crippen LogP contribution in [0.25, 0.3) is 11.3 Å². The molecule has 18 heavy (non-hydrogen) atoms. The fourth-order valence-corrected chi connectivity index (χ4v) is 2.43. The molecule has 1 heterocycles. The highest BCUT2D eigenvalue weighted by atomic mass is 79.9. The van der Waals surface area contributed by atoms with Crippen molar-refractivity contribution >= 4 is 15.9 Å². The van der Waals surface area contributed by atoms with Gasteiger partial charge in [-0.15, -0.1) is 0 Å². The lowest BCUT2D eigenvalue weighted by Crippen LogP contribution is -2.07. The molecule has 2 aromatic rings. The summed E-state index contributed by atoms with van der Waals surface area (Å²) in [6.45, 7) is 7.12. The van der Waals surface area contributed by atoms with E-state index in [4.69, 9.17) is 0 Å². The Bertz CT molecular complexity index is 544. The van der Waals surface area contributed by atoms with Crippen molar-refractivity contribution in [2.24, 2.45) is 5.92 Å². The first kappa shape index (κ1) is 13.3. The highest BCUT2D eigenvalue weighted by molar-refractivity contribution is 9.10. The van der Waals surface area contributed by atoms with Gasteiger partial charge >= 0.3 is 0 Å². The Morgan fingerprint density at radius 1 is 1.28 bits per heavy atom. The molecule has 1 aromatic carbocycles. The van der Waals surface area contributed by atoms with Crippen LogP contribution in [0.5, 0.6) is 0 Å². The molecule has 0 unspecified atom stereocenters. The molecule has 0 N–H and O–H groups in total. The molecule has 2 rings (SSSR count). The average molecular weight is 311 g/mol. The van der Waals surface area contributed by atoms with Crippen LogP contribution in [0.4, 0.5) is 4.39 Å². The summed E-state index contributed by atoms with van der Waals surface area (Å²) in [5.41, 5.74) is 2.95. The second-order valence-electron chi connectivity index (χ2n) is 4.83. The molecule has 0 fully saturated rings. The zero-order valence-corrected chi connectivity index (χ0v) is 12.3. The fraction of sp³-hybridized carbons (Fsp3) is 0.357. The summed E-state index contributed by atoms with van der Waals surface area (Å²) in [7, 11) is 0. The quantitative estimate of drug-likeness (QED) is 0.820. The van der Waals surface area contributed by atoms with Crippen LogP contribution < -0.4 is 0 Å². The molecular formula is C14H16BrFN2. The van der Waals surface area contributed by atoms with Gasteiger partial charge in [0.15, 0.2) is 0 Å². The maximum atomic E-state index is 13.0. The summed E-state index contributed by atoms with van der Waals surface area (Å²) >= 11 is 3.57. The molecule has 0 atom stereocenters. The highest BCUT2D eigenvalue weighted by Gasteiger charge is 2.15. The number of nitrogens with zero attached hydrogens (tertiary/aromatic N) is 2. The summed E-state index contributed by atoms with van der Waals surface area (Å²) in [4.78, 5) is 0. The molecular weight excluding hydrogens is 295 g/mol. The van der Waals surface area contributed by atoms with Crippen molar-refractivity contribution in [1.82, 2.24) is 9.78 Å². The van der Waals surface area contributed by atoms with E-state index in [1.165, 1.54) is 12.1 Å². The van der Waals surface area contributed by atoms with Gasteiger partial charge in [-0.05, 0) is 53.0 Å². The highest BCUT2D eigenvalue weighted by Crippen LogP contribution is 2.31. The van der Waals surface area contributed by atoms with E-state index in [0.717, 1.165) is 28.0 Å². The van der Waals surface area contributed by atoms with E-state index >= 15 is 0 Å². The van der Waals surface area contributed by atoms with E-state index in [1.807, 2.05) is 11.6 Å². The smallest absolute Gasteiger partial charge is 0.123 e. The fourth-order valence-electron chi connectivity index (χ4n) is 1.92. The molecule has 0 bridgehead atoms.